The number of nitrogens with zero attached hydrogens (tertiary/aromatic N) is 1. The van der Waals surface area contributed by atoms with Crippen LogP contribution in [0.2, 0.25) is 0 Å². The molecule has 1 aliphatic heterocycles. The molecule has 8 nitrogen and oxygen atoms in total. The molecule has 1 unspecified atom stereocenters. The number of benzene rings is 1. The Morgan fingerprint density at radius 1 is 1.40 bits per heavy atom. The van der Waals surface area contributed by atoms with Gasteiger partial charge in [0.05, 0.1) is 18.8 Å². The molecule has 1 atom stereocenters. The van der Waals surface area contributed by atoms with E-state index in [9.17, 15) is 14.4 Å². The van der Waals surface area contributed by atoms with Crippen molar-refractivity contribution in [1.29, 1.82) is 0 Å². The molecule has 1 aromatic carbocycles. The van der Waals surface area contributed by atoms with Gasteiger partial charge in [-0.2, -0.15) is 0 Å². The molecule has 8 heteroatoms. The van der Waals surface area contributed by atoms with Gasteiger partial charge in [-0.3, -0.25) is 9.69 Å². The molecule has 2 rings (SSSR count). The summed E-state index contributed by atoms with van der Waals surface area (Å²) in [6.07, 6.45) is -1.16. The topological polar surface area (TPSA) is 122 Å². The first-order valence-electron chi connectivity index (χ1n) is 5.81. The van der Waals surface area contributed by atoms with Crippen LogP contribution in [0.25, 0.3) is 0 Å². The number of nitrogens with one attached hydrogen (secondary N) is 1. The monoisotopic (exact) mass is 279 g/mol. The number of urea groups is 1. The highest BCUT2D eigenvalue weighted by Crippen LogP contribution is 2.33. The summed E-state index contributed by atoms with van der Waals surface area (Å²) in [4.78, 5) is 34.9. The van der Waals surface area contributed by atoms with Gasteiger partial charge >= 0.3 is 12.0 Å². The summed E-state index contributed by atoms with van der Waals surface area (Å²) >= 11 is 0. The number of amides is 3. The Labute approximate surface area is 114 Å². The number of carbonyl (C=O) groups is 3. The van der Waals surface area contributed by atoms with E-state index in [1.807, 2.05) is 0 Å². The maximum absolute atomic E-state index is 12.0. The van der Waals surface area contributed by atoms with Crippen molar-refractivity contribution in [3.8, 4) is 5.75 Å². The van der Waals surface area contributed by atoms with Crippen LogP contribution in [0.1, 0.15) is 0 Å². The van der Waals surface area contributed by atoms with Crippen LogP contribution < -0.4 is 20.7 Å². The molecule has 0 saturated heterocycles. The largest absolute Gasteiger partial charge is 0.478 e. The van der Waals surface area contributed by atoms with Crippen molar-refractivity contribution >= 4 is 23.6 Å². The number of fused-ring (bicyclic) bond motifs is 1. The molecule has 0 spiro atoms. The molecule has 0 aromatic heterocycles. The molecular formula is C12H13N3O5. The predicted molar refractivity (Wildman–Crippen MR) is 68.4 cm³/mol. The van der Waals surface area contributed by atoms with Gasteiger partial charge in [0.2, 0.25) is 12.0 Å². The Morgan fingerprint density at radius 2 is 2.10 bits per heavy atom. The summed E-state index contributed by atoms with van der Waals surface area (Å²) in [6.45, 7) is -0.479. The van der Waals surface area contributed by atoms with Crippen LogP contribution in [0.4, 0.5) is 10.5 Å². The normalized spacial score (nSPS) is 16.8. The number of hydrogen-bond acceptors (Lipinski definition) is 4. The third-order valence-corrected chi connectivity index (χ3v) is 2.71. The number of carboxylic acids is 1. The maximum Gasteiger partial charge on any atom is 0.346 e. The fourth-order valence-corrected chi connectivity index (χ4v) is 1.81. The predicted octanol–water partition coefficient (Wildman–Crippen LogP) is -0.466. The maximum atomic E-state index is 12.0. The van der Waals surface area contributed by atoms with Crippen molar-refractivity contribution in [3.05, 3.63) is 24.3 Å². The van der Waals surface area contributed by atoms with Crippen LogP contribution in [0.5, 0.6) is 5.75 Å². The number of hydrogen-bond donors (Lipinski definition) is 3. The smallest absolute Gasteiger partial charge is 0.346 e. The number of para-hydroxylation sites is 2. The van der Waals surface area contributed by atoms with Crippen molar-refractivity contribution in [2.24, 2.45) is 5.73 Å². The van der Waals surface area contributed by atoms with E-state index >= 15 is 0 Å². The van der Waals surface area contributed by atoms with Gasteiger partial charge < -0.3 is 20.9 Å². The quantitative estimate of drug-likeness (QED) is 0.690. The van der Waals surface area contributed by atoms with Gasteiger partial charge in [0.15, 0.2) is 0 Å². The van der Waals surface area contributed by atoms with Gasteiger partial charge in [0.1, 0.15) is 5.75 Å². The minimum atomic E-state index is -1.17. The number of nitrogens with two attached hydrogens (primary N) is 1. The summed E-state index contributed by atoms with van der Waals surface area (Å²) in [7, 11) is 0. The lowest BCUT2D eigenvalue weighted by molar-refractivity contribution is -0.144. The first-order chi connectivity index (χ1) is 9.49. The van der Waals surface area contributed by atoms with Gasteiger partial charge in [-0.05, 0) is 12.1 Å². The van der Waals surface area contributed by atoms with Crippen LogP contribution in [0.15, 0.2) is 24.3 Å². The number of ether oxygens (including phenoxy) is 1. The fourth-order valence-electron chi connectivity index (χ4n) is 1.81. The minimum absolute atomic E-state index is 0.156. The third-order valence-electron chi connectivity index (χ3n) is 2.71. The number of carbonyl (C=O) groups excluding carboxylic acids is 2. The molecular weight excluding hydrogens is 266 g/mol. The van der Waals surface area contributed by atoms with Gasteiger partial charge in [-0.25, -0.2) is 9.59 Å². The lowest BCUT2D eigenvalue weighted by atomic mass is 10.2. The lowest BCUT2D eigenvalue weighted by Crippen LogP contribution is -2.51. The average molecular weight is 279 g/mol. The molecule has 1 aromatic rings. The highest BCUT2D eigenvalue weighted by Gasteiger charge is 2.33. The van der Waals surface area contributed by atoms with Crippen LogP contribution in [-0.4, -0.2) is 42.2 Å². The molecule has 0 fully saturated rings. The Hall–Kier alpha value is -2.77. The van der Waals surface area contributed by atoms with E-state index < -0.39 is 24.0 Å². The first kappa shape index (κ1) is 13.7. The number of primary amides is 1. The van der Waals surface area contributed by atoms with E-state index in [0.29, 0.717) is 11.4 Å². The molecule has 0 radical (unpaired) electrons. The number of aliphatic carboxylic acids is 1. The summed E-state index contributed by atoms with van der Waals surface area (Å²) in [6, 6.07) is 5.95. The molecule has 20 heavy (non-hydrogen) atoms. The fraction of sp³-hybridized carbons (Fsp3) is 0.250. The van der Waals surface area contributed by atoms with Crippen molar-refractivity contribution < 1.29 is 24.2 Å². The number of rotatable bonds is 3. The van der Waals surface area contributed by atoms with E-state index in [0.717, 1.165) is 0 Å². The van der Waals surface area contributed by atoms with Crippen LogP contribution in [0, 0.1) is 0 Å². The summed E-state index contributed by atoms with van der Waals surface area (Å²) in [5, 5.41) is 11.3. The SMILES string of the molecule is NC(=O)CNC(=O)N1CC(C(=O)O)Oc2ccccc21. The highest BCUT2D eigenvalue weighted by atomic mass is 16.5. The van der Waals surface area contributed by atoms with Crippen molar-refractivity contribution in [1.82, 2.24) is 5.32 Å². The van der Waals surface area contributed by atoms with Gasteiger partial charge in [-0.1, -0.05) is 12.1 Å². The average Bonchev–Trinajstić information content (AvgIpc) is 2.43. The van der Waals surface area contributed by atoms with E-state index in [1.165, 1.54) is 4.90 Å². The summed E-state index contributed by atoms with van der Waals surface area (Å²) in [5.74, 6) is -1.57. The molecule has 106 valence electrons. The van der Waals surface area contributed by atoms with Crippen molar-refractivity contribution in [3.63, 3.8) is 0 Å². The number of anilines is 1. The molecule has 0 saturated carbocycles. The molecule has 1 heterocycles. The zero-order valence-corrected chi connectivity index (χ0v) is 10.4. The summed E-state index contributed by atoms with van der Waals surface area (Å²) < 4.78 is 5.29. The van der Waals surface area contributed by atoms with Gasteiger partial charge in [-0.15, -0.1) is 0 Å². The zero-order chi connectivity index (χ0) is 14.7. The standard InChI is InChI=1S/C12H13N3O5/c13-10(16)5-14-12(19)15-6-9(11(17)18)20-8-4-2-1-3-7(8)15/h1-4,9H,5-6H2,(H2,13,16)(H,14,19)(H,17,18). The van der Waals surface area contributed by atoms with Crippen molar-refractivity contribution in [2.45, 2.75) is 6.10 Å². The Balaban J connectivity index is 2.24. The van der Waals surface area contributed by atoms with Crippen molar-refractivity contribution in [2.75, 3.05) is 18.0 Å². The molecule has 3 amide bonds. The lowest BCUT2D eigenvalue weighted by Gasteiger charge is -2.32. The number of carboxylic acid groups (broad SMARTS) is 1. The summed E-state index contributed by atoms with van der Waals surface area (Å²) in [5.41, 5.74) is 5.39. The second kappa shape index (κ2) is 5.47. The Kier molecular flexibility index (Phi) is 3.74. The first-order valence-corrected chi connectivity index (χ1v) is 5.81. The van der Waals surface area contributed by atoms with Gasteiger partial charge in [0, 0.05) is 0 Å². The van der Waals surface area contributed by atoms with E-state index in [4.69, 9.17) is 15.6 Å². The van der Waals surface area contributed by atoms with Gasteiger partial charge in [0.25, 0.3) is 0 Å². The highest BCUT2D eigenvalue weighted by molar-refractivity contribution is 5.97. The van der Waals surface area contributed by atoms with Crippen LogP contribution >= 0.6 is 0 Å². The van der Waals surface area contributed by atoms with E-state index in [-0.39, 0.29) is 13.1 Å². The van der Waals surface area contributed by atoms with Crippen LogP contribution in [-0.2, 0) is 9.59 Å². The minimum Gasteiger partial charge on any atom is -0.478 e. The molecule has 0 bridgehead atoms. The Bertz CT molecular complexity index is 560. The molecule has 1 aliphatic rings. The Morgan fingerprint density at radius 3 is 2.75 bits per heavy atom. The van der Waals surface area contributed by atoms with E-state index in [1.54, 1.807) is 24.3 Å². The zero-order valence-electron chi connectivity index (χ0n) is 10.4. The second-order valence-electron chi connectivity index (χ2n) is 4.15. The van der Waals surface area contributed by atoms with E-state index in [2.05, 4.69) is 5.32 Å². The second-order valence-corrected chi connectivity index (χ2v) is 4.15. The third kappa shape index (κ3) is 2.79. The molecule has 0 aliphatic carbocycles. The van der Waals surface area contributed by atoms with Crippen LogP contribution in [0.3, 0.4) is 0 Å². The molecule has 4 N–H and O–H groups in total.